The van der Waals surface area contributed by atoms with Crippen LogP contribution in [-0.4, -0.2) is 47.9 Å². The molecule has 1 amide bonds. The zero-order valence-electron chi connectivity index (χ0n) is 16.7. The Labute approximate surface area is 170 Å². The van der Waals surface area contributed by atoms with Crippen molar-refractivity contribution in [2.45, 2.75) is 19.4 Å². The summed E-state index contributed by atoms with van der Waals surface area (Å²) in [4.78, 5) is 15.1. The van der Waals surface area contributed by atoms with Gasteiger partial charge in [0, 0.05) is 31.4 Å². The summed E-state index contributed by atoms with van der Waals surface area (Å²) in [5.41, 5.74) is 4.30. The molecule has 2 aromatic carbocycles. The van der Waals surface area contributed by atoms with Gasteiger partial charge in [-0.05, 0) is 31.0 Å². The molecule has 1 aliphatic rings. The van der Waals surface area contributed by atoms with E-state index in [1.807, 2.05) is 66.4 Å². The number of H-pyrrole nitrogens is 1. The summed E-state index contributed by atoms with van der Waals surface area (Å²) >= 11 is 0. The number of aromatic amines is 1. The van der Waals surface area contributed by atoms with Crippen LogP contribution >= 0.6 is 0 Å². The van der Waals surface area contributed by atoms with E-state index < -0.39 is 0 Å². The molecule has 0 aliphatic carbocycles. The molecule has 1 atom stereocenters. The largest absolute Gasteiger partial charge is 0.494 e. The SMILES string of the molecule is CCOc1cccc(C2c3c(-c4ccccc4)n[nH]c3C(=O)N2CCCOC)c1. The highest BCUT2D eigenvalue weighted by atomic mass is 16.5. The van der Waals surface area contributed by atoms with E-state index in [1.54, 1.807) is 7.11 Å². The van der Waals surface area contributed by atoms with Crippen LogP contribution in [0.1, 0.15) is 41.0 Å². The number of methoxy groups -OCH3 is 1. The molecule has 6 heteroatoms. The second-order valence-corrected chi connectivity index (χ2v) is 6.98. The molecular formula is C23H25N3O3. The Kier molecular flexibility index (Phi) is 5.62. The Bertz CT molecular complexity index is 984. The van der Waals surface area contributed by atoms with Crippen molar-refractivity contribution in [2.75, 3.05) is 26.9 Å². The quantitative estimate of drug-likeness (QED) is 0.588. The zero-order valence-corrected chi connectivity index (χ0v) is 16.7. The molecule has 1 aliphatic heterocycles. The topological polar surface area (TPSA) is 67.5 Å². The van der Waals surface area contributed by atoms with Gasteiger partial charge in [0.25, 0.3) is 5.91 Å². The normalized spacial score (nSPS) is 15.6. The highest BCUT2D eigenvalue weighted by molar-refractivity contribution is 6.00. The minimum absolute atomic E-state index is 0.0300. The van der Waals surface area contributed by atoms with Gasteiger partial charge in [-0.25, -0.2) is 0 Å². The molecule has 0 spiro atoms. The first-order chi connectivity index (χ1) is 14.2. The van der Waals surface area contributed by atoms with Crippen molar-refractivity contribution in [3.8, 4) is 17.0 Å². The Morgan fingerprint density at radius 1 is 1.14 bits per heavy atom. The Balaban J connectivity index is 1.80. The van der Waals surface area contributed by atoms with Crippen molar-refractivity contribution in [3.05, 3.63) is 71.4 Å². The molecule has 2 heterocycles. The number of hydrogen-bond acceptors (Lipinski definition) is 4. The van der Waals surface area contributed by atoms with Crippen LogP contribution in [0.3, 0.4) is 0 Å². The molecule has 0 fully saturated rings. The van der Waals surface area contributed by atoms with Crippen LogP contribution < -0.4 is 4.74 Å². The third-order valence-electron chi connectivity index (χ3n) is 5.14. The van der Waals surface area contributed by atoms with Crippen molar-refractivity contribution in [1.82, 2.24) is 15.1 Å². The van der Waals surface area contributed by atoms with Crippen molar-refractivity contribution in [1.29, 1.82) is 0 Å². The minimum atomic E-state index is -0.219. The third kappa shape index (κ3) is 3.63. The van der Waals surface area contributed by atoms with Gasteiger partial charge in [0.15, 0.2) is 0 Å². The summed E-state index contributed by atoms with van der Waals surface area (Å²) in [6.45, 7) is 3.77. The Hall–Kier alpha value is -3.12. The van der Waals surface area contributed by atoms with Crippen LogP contribution in [0.15, 0.2) is 54.6 Å². The third-order valence-corrected chi connectivity index (χ3v) is 5.14. The van der Waals surface area contributed by atoms with Crippen LogP contribution in [0.5, 0.6) is 5.75 Å². The second kappa shape index (κ2) is 8.49. The fraction of sp³-hybridized carbons (Fsp3) is 0.304. The molecule has 0 radical (unpaired) electrons. The molecule has 1 N–H and O–H groups in total. The van der Waals surface area contributed by atoms with E-state index in [0.717, 1.165) is 34.6 Å². The first-order valence-electron chi connectivity index (χ1n) is 9.91. The number of ether oxygens (including phenoxy) is 2. The molecule has 0 bridgehead atoms. The molecule has 1 unspecified atom stereocenters. The van der Waals surface area contributed by atoms with Crippen LogP contribution in [0, 0.1) is 0 Å². The van der Waals surface area contributed by atoms with Gasteiger partial charge in [-0.2, -0.15) is 5.10 Å². The van der Waals surface area contributed by atoms with Crippen molar-refractivity contribution in [2.24, 2.45) is 0 Å². The van der Waals surface area contributed by atoms with Crippen LogP contribution in [-0.2, 0) is 4.74 Å². The maximum Gasteiger partial charge on any atom is 0.273 e. The number of carbonyl (C=O) groups is 1. The fourth-order valence-electron chi connectivity index (χ4n) is 3.91. The minimum Gasteiger partial charge on any atom is -0.494 e. The predicted octanol–water partition coefficient (Wildman–Crippen LogP) is 4.06. The summed E-state index contributed by atoms with van der Waals surface area (Å²) < 4.78 is 10.9. The first-order valence-corrected chi connectivity index (χ1v) is 9.91. The number of benzene rings is 2. The number of aromatic nitrogens is 2. The van der Waals surface area contributed by atoms with Gasteiger partial charge in [-0.1, -0.05) is 42.5 Å². The lowest BCUT2D eigenvalue weighted by atomic mass is 9.96. The zero-order chi connectivity index (χ0) is 20.2. The summed E-state index contributed by atoms with van der Waals surface area (Å²) in [7, 11) is 1.68. The van der Waals surface area contributed by atoms with Crippen molar-refractivity contribution in [3.63, 3.8) is 0 Å². The maximum absolute atomic E-state index is 13.2. The van der Waals surface area contributed by atoms with Gasteiger partial charge < -0.3 is 14.4 Å². The monoisotopic (exact) mass is 391 g/mol. The summed E-state index contributed by atoms with van der Waals surface area (Å²) in [5.74, 6) is 0.769. The Morgan fingerprint density at radius 3 is 2.72 bits per heavy atom. The van der Waals surface area contributed by atoms with E-state index in [-0.39, 0.29) is 11.9 Å². The van der Waals surface area contributed by atoms with E-state index in [2.05, 4.69) is 10.2 Å². The standard InChI is InChI=1S/C23H25N3O3/c1-3-29-18-12-7-11-17(15-18)22-19-20(16-9-5-4-6-10-16)24-25-21(19)23(27)26(22)13-8-14-28-2/h4-7,9-12,15,22H,3,8,13-14H2,1-2H3,(H,24,25). The van der Waals surface area contributed by atoms with Gasteiger partial charge >= 0.3 is 0 Å². The summed E-state index contributed by atoms with van der Waals surface area (Å²) in [6, 6.07) is 17.7. The molecule has 6 nitrogen and oxygen atoms in total. The van der Waals surface area contributed by atoms with Gasteiger partial charge in [0.2, 0.25) is 0 Å². The first kappa shape index (κ1) is 19.2. The van der Waals surface area contributed by atoms with E-state index in [4.69, 9.17) is 9.47 Å². The maximum atomic E-state index is 13.2. The van der Waals surface area contributed by atoms with Crippen molar-refractivity contribution >= 4 is 5.91 Å². The lowest BCUT2D eigenvalue weighted by molar-refractivity contribution is 0.0723. The average molecular weight is 391 g/mol. The van der Waals surface area contributed by atoms with E-state index in [9.17, 15) is 4.79 Å². The number of fused-ring (bicyclic) bond motifs is 1. The molecule has 150 valence electrons. The lowest BCUT2D eigenvalue weighted by Crippen LogP contribution is -2.31. The molecule has 3 aromatic rings. The highest BCUT2D eigenvalue weighted by Crippen LogP contribution is 2.43. The van der Waals surface area contributed by atoms with Gasteiger partial charge in [-0.3, -0.25) is 9.89 Å². The van der Waals surface area contributed by atoms with E-state index >= 15 is 0 Å². The highest BCUT2D eigenvalue weighted by Gasteiger charge is 2.41. The molecular weight excluding hydrogens is 366 g/mol. The summed E-state index contributed by atoms with van der Waals surface area (Å²) in [5, 5.41) is 7.49. The number of amides is 1. The van der Waals surface area contributed by atoms with E-state index in [0.29, 0.717) is 25.5 Å². The second-order valence-electron chi connectivity index (χ2n) is 6.98. The smallest absolute Gasteiger partial charge is 0.273 e. The number of nitrogens with one attached hydrogen (secondary N) is 1. The molecule has 0 saturated heterocycles. The number of nitrogens with zero attached hydrogens (tertiary/aromatic N) is 2. The molecule has 0 saturated carbocycles. The molecule has 1 aromatic heterocycles. The van der Waals surface area contributed by atoms with Gasteiger partial charge in [0.1, 0.15) is 11.4 Å². The fourth-order valence-corrected chi connectivity index (χ4v) is 3.91. The number of carbonyl (C=O) groups excluding carboxylic acids is 1. The molecule has 4 rings (SSSR count). The summed E-state index contributed by atoms with van der Waals surface area (Å²) in [6.07, 6.45) is 0.766. The predicted molar refractivity (Wildman–Crippen MR) is 111 cm³/mol. The van der Waals surface area contributed by atoms with Gasteiger partial charge in [0.05, 0.1) is 18.3 Å². The Morgan fingerprint density at radius 2 is 1.97 bits per heavy atom. The lowest BCUT2D eigenvalue weighted by Gasteiger charge is -2.26. The average Bonchev–Trinajstić information content (AvgIpc) is 3.29. The van der Waals surface area contributed by atoms with Crippen LogP contribution in [0.2, 0.25) is 0 Å². The number of hydrogen-bond donors (Lipinski definition) is 1. The molecule has 29 heavy (non-hydrogen) atoms. The number of rotatable bonds is 8. The van der Waals surface area contributed by atoms with Crippen LogP contribution in [0.4, 0.5) is 0 Å². The van der Waals surface area contributed by atoms with Gasteiger partial charge in [-0.15, -0.1) is 0 Å². The van der Waals surface area contributed by atoms with Crippen molar-refractivity contribution < 1.29 is 14.3 Å². The van der Waals surface area contributed by atoms with E-state index in [1.165, 1.54) is 0 Å². The van der Waals surface area contributed by atoms with Crippen LogP contribution in [0.25, 0.3) is 11.3 Å².